The van der Waals surface area contributed by atoms with Crippen LogP contribution < -0.4 is 0 Å². The first kappa shape index (κ1) is 28.4. The van der Waals surface area contributed by atoms with Gasteiger partial charge in [0.25, 0.3) is 0 Å². The molecular formula is C34H34O6. The fraction of sp³-hybridized carbons (Fsp3) is 0.235. The Bertz CT molecular complexity index is 1370. The van der Waals surface area contributed by atoms with E-state index in [-0.39, 0.29) is 29.5 Å². The lowest BCUT2D eigenvalue weighted by Gasteiger charge is -2.13. The Hall–Kier alpha value is -4.58. The number of carbonyl (C=O) groups is 2. The number of benzene rings is 4. The van der Waals surface area contributed by atoms with E-state index in [1.807, 2.05) is 55.5 Å². The highest BCUT2D eigenvalue weighted by atomic mass is 16.5. The molecule has 0 aliphatic rings. The van der Waals surface area contributed by atoms with Gasteiger partial charge in [0.15, 0.2) is 0 Å². The van der Waals surface area contributed by atoms with Gasteiger partial charge in [-0.05, 0) is 97.0 Å². The van der Waals surface area contributed by atoms with Gasteiger partial charge in [0, 0.05) is 0 Å². The lowest BCUT2D eigenvalue weighted by atomic mass is 10.0. The quantitative estimate of drug-likeness (QED) is 0.141. The zero-order valence-electron chi connectivity index (χ0n) is 22.6. The van der Waals surface area contributed by atoms with E-state index >= 15 is 0 Å². The molecule has 0 amide bonds. The maximum absolute atomic E-state index is 12.5. The van der Waals surface area contributed by atoms with E-state index in [0.29, 0.717) is 17.7 Å². The molecule has 4 rings (SSSR count). The first-order valence-electron chi connectivity index (χ1n) is 13.6. The highest BCUT2D eigenvalue weighted by Crippen LogP contribution is 2.24. The third kappa shape index (κ3) is 8.21. The topological polar surface area (TPSA) is 93.1 Å². The monoisotopic (exact) mass is 538 g/mol. The van der Waals surface area contributed by atoms with Crippen LogP contribution in [0.4, 0.5) is 0 Å². The van der Waals surface area contributed by atoms with Gasteiger partial charge in [0.2, 0.25) is 0 Å². The predicted octanol–water partition coefficient (Wildman–Crippen LogP) is 7.78. The van der Waals surface area contributed by atoms with Crippen LogP contribution in [0.2, 0.25) is 0 Å². The number of esters is 2. The number of phenolic OH excluding ortho intramolecular Hbond substituents is 2. The van der Waals surface area contributed by atoms with Crippen LogP contribution in [0.5, 0.6) is 11.5 Å². The molecule has 0 aliphatic carbocycles. The van der Waals surface area contributed by atoms with Crippen molar-refractivity contribution in [3.05, 3.63) is 108 Å². The van der Waals surface area contributed by atoms with Crippen LogP contribution in [-0.2, 0) is 9.47 Å². The van der Waals surface area contributed by atoms with Gasteiger partial charge in [0.1, 0.15) is 11.5 Å². The minimum Gasteiger partial charge on any atom is -0.508 e. The second-order valence-electron chi connectivity index (χ2n) is 9.80. The summed E-state index contributed by atoms with van der Waals surface area (Å²) in [7, 11) is 0. The van der Waals surface area contributed by atoms with Crippen molar-refractivity contribution in [3.8, 4) is 33.8 Å². The van der Waals surface area contributed by atoms with Crippen molar-refractivity contribution >= 4 is 11.9 Å². The largest absolute Gasteiger partial charge is 0.508 e. The van der Waals surface area contributed by atoms with Gasteiger partial charge in [0.05, 0.1) is 23.8 Å². The Morgan fingerprint density at radius 2 is 0.975 bits per heavy atom. The van der Waals surface area contributed by atoms with E-state index in [0.717, 1.165) is 54.4 Å². The van der Waals surface area contributed by atoms with Crippen LogP contribution in [0, 0.1) is 0 Å². The maximum atomic E-state index is 12.5. The van der Waals surface area contributed by atoms with Gasteiger partial charge in [-0.3, -0.25) is 0 Å². The van der Waals surface area contributed by atoms with Crippen LogP contribution in [-0.4, -0.2) is 34.9 Å². The molecule has 1 unspecified atom stereocenters. The van der Waals surface area contributed by atoms with E-state index in [1.165, 1.54) is 0 Å². The molecule has 6 nitrogen and oxygen atoms in total. The van der Waals surface area contributed by atoms with Gasteiger partial charge in [-0.15, -0.1) is 0 Å². The van der Waals surface area contributed by atoms with Crippen molar-refractivity contribution < 1.29 is 29.3 Å². The van der Waals surface area contributed by atoms with Gasteiger partial charge in [-0.25, -0.2) is 9.59 Å². The van der Waals surface area contributed by atoms with Crippen LogP contribution >= 0.6 is 0 Å². The number of ether oxygens (including phenoxy) is 2. The first-order chi connectivity index (χ1) is 19.4. The second-order valence-corrected chi connectivity index (χ2v) is 9.80. The minimum absolute atomic E-state index is 0.188. The van der Waals surface area contributed by atoms with Crippen LogP contribution in [0.3, 0.4) is 0 Å². The van der Waals surface area contributed by atoms with Gasteiger partial charge in [-0.1, -0.05) is 61.4 Å². The van der Waals surface area contributed by atoms with Crippen molar-refractivity contribution in [2.24, 2.45) is 0 Å². The molecule has 4 aromatic carbocycles. The van der Waals surface area contributed by atoms with Crippen molar-refractivity contribution in [2.75, 3.05) is 6.61 Å². The Morgan fingerprint density at radius 1 is 0.575 bits per heavy atom. The van der Waals surface area contributed by atoms with Crippen LogP contribution in [0.25, 0.3) is 22.3 Å². The fourth-order valence-corrected chi connectivity index (χ4v) is 4.35. The molecule has 0 aromatic heterocycles. The summed E-state index contributed by atoms with van der Waals surface area (Å²) in [6, 6.07) is 28.3. The third-order valence-corrected chi connectivity index (χ3v) is 6.69. The number of aromatic hydroxyl groups is 2. The number of unbranched alkanes of at least 4 members (excludes halogenated alkanes) is 3. The third-order valence-electron chi connectivity index (χ3n) is 6.69. The van der Waals surface area contributed by atoms with Crippen LogP contribution in [0.1, 0.15) is 59.7 Å². The van der Waals surface area contributed by atoms with Gasteiger partial charge in [-0.2, -0.15) is 0 Å². The van der Waals surface area contributed by atoms with Gasteiger partial charge < -0.3 is 19.7 Å². The smallest absolute Gasteiger partial charge is 0.338 e. The molecule has 1 atom stereocenters. The molecule has 2 N–H and O–H groups in total. The van der Waals surface area contributed by atoms with Gasteiger partial charge >= 0.3 is 11.9 Å². The Balaban J connectivity index is 1.09. The number of phenols is 2. The number of hydrogen-bond donors (Lipinski definition) is 2. The maximum Gasteiger partial charge on any atom is 0.338 e. The summed E-state index contributed by atoms with van der Waals surface area (Å²) < 4.78 is 11.0. The van der Waals surface area contributed by atoms with Crippen molar-refractivity contribution in [3.63, 3.8) is 0 Å². The summed E-state index contributed by atoms with van der Waals surface area (Å²) in [6.45, 7) is 2.26. The molecule has 0 heterocycles. The SMILES string of the molecule is CC(CCCCCCOC(=O)c1ccc(-c2ccc(O)cc2)cc1)OC(=O)c1ccc(-c2ccc(O)cc2)cc1. The zero-order valence-corrected chi connectivity index (χ0v) is 22.6. The molecule has 0 radical (unpaired) electrons. The lowest BCUT2D eigenvalue weighted by Crippen LogP contribution is -2.15. The number of rotatable bonds is 12. The van der Waals surface area contributed by atoms with E-state index in [1.54, 1.807) is 48.5 Å². The molecule has 0 saturated carbocycles. The zero-order chi connectivity index (χ0) is 28.3. The summed E-state index contributed by atoms with van der Waals surface area (Å²) in [5, 5.41) is 18.9. The van der Waals surface area contributed by atoms with Crippen molar-refractivity contribution in [2.45, 2.75) is 45.1 Å². The minimum atomic E-state index is -0.340. The van der Waals surface area contributed by atoms with Crippen LogP contribution in [0.15, 0.2) is 97.1 Å². The van der Waals surface area contributed by atoms with Crippen molar-refractivity contribution in [1.29, 1.82) is 0 Å². The molecule has 0 fully saturated rings. The fourth-order valence-electron chi connectivity index (χ4n) is 4.35. The Labute approximate surface area is 234 Å². The molecular weight excluding hydrogens is 504 g/mol. The molecule has 40 heavy (non-hydrogen) atoms. The summed E-state index contributed by atoms with van der Waals surface area (Å²) in [5.74, 6) is -0.249. The predicted molar refractivity (Wildman–Crippen MR) is 155 cm³/mol. The molecule has 0 aliphatic heterocycles. The van der Waals surface area contributed by atoms with E-state index < -0.39 is 0 Å². The van der Waals surface area contributed by atoms with E-state index in [4.69, 9.17) is 9.47 Å². The molecule has 6 heteroatoms. The molecule has 0 saturated heterocycles. The average Bonchev–Trinajstić information content (AvgIpc) is 2.97. The standard InChI is InChI=1S/C34H34O6/c1-24(40-34(38)30-13-9-26(10-14-30)28-17-21-32(36)22-18-28)6-4-2-3-5-23-39-33(37)29-11-7-25(8-12-29)27-15-19-31(35)20-16-27/h7-22,24,35-36H,2-6,23H2,1H3. The normalized spacial score (nSPS) is 11.5. The number of carbonyl (C=O) groups excluding carboxylic acids is 2. The second kappa shape index (κ2) is 14.0. The Kier molecular flexibility index (Phi) is 9.94. The lowest BCUT2D eigenvalue weighted by molar-refractivity contribution is 0.0319. The Morgan fingerprint density at radius 3 is 1.45 bits per heavy atom. The highest BCUT2D eigenvalue weighted by Gasteiger charge is 2.12. The van der Waals surface area contributed by atoms with E-state index in [9.17, 15) is 19.8 Å². The van der Waals surface area contributed by atoms with Crippen molar-refractivity contribution in [1.82, 2.24) is 0 Å². The molecule has 206 valence electrons. The molecule has 4 aromatic rings. The molecule has 0 spiro atoms. The highest BCUT2D eigenvalue weighted by molar-refractivity contribution is 5.90. The first-order valence-corrected chi connectivity index (χ1v) is 13.6. The summed E-state index contributed by atoms with van der Waals surface area (Å²) in [5.41, 5.74) is 4.85. The molecule has 0 bridgehead atoms. The average molecular weight is 539 g/mol. The number of hydrogen-bond acceptors (Lipinski definition) is 6. The summed E-state index contributed by atoms with van der Waals surface area (Å²) in [4.78, 5) is 24.8. The summed E-state index contributed by atoms with van der Waals surface area (Å²) in [6.07, 6.45) is 4.16. The summed E-state index contributed by atoms with van der Waals surface area (Å²) >= 11 is 0. The van der Waals surface area contributed by atoms with E-state index in [2.05, 4.69) is 0 Å².